The van der Waals surface area contributed by atoms with Crippen molar-refractivity contribution in [2.24, 2.45) is 0 Å². The Morgan fingerprint density at radius 1 is 1.25 bits per heavy atom. The van der Waals surface area contributed by atoms with E-state index in [0.717, 1.165) is 0 Å². The molecule has 4 heteroatoms. The van der Waals surface area contributed by atoms with Gasteiger partial charge in [-0.2, -0.15) is 0 Å². The van der Waals surface area contributed by atoms with Gasteiger partial charge in [0.25, 0.3) is 0 Å². The van der Waals surface area contributed by atoms with Gasteiger partial charge in [0.05, 0.1) is 4.90 Å². The lowest BCUT2D eigenvalue weighted by atomic mass is 10.2. The van der Waals surface area contributed by atoms with Gasteiger partial charge >= 0.3 is 0 Å². The smallest absolute Gasteiger partial charge is 0.185 e. The van der Waals surface area contributed by atoms with Crippen LogP contribution >= 0.6 is 0 Å². The zero-order valence-electron chi connectivity index (χ0n) is 8.93. The molecule has 0 radical (unpaired) electrons. The van der Waals surface area contributed by atoms with Gasteiger partial charge in [-0.15, -0.1) is 6.58 Å². The van der Waals surface area contributed by atoms with E-state index in [0.29, 0.717) is 6.42 Å². The SMILES string of the molecule is C=CCCC(=O)CS(=O)(=O)c1ccccc1. The van der Waals surface area contributed by atoms with Crippen LogP contribution in [-0.2, 0) is 14.6 Å². The molecule has 0 aliphatic heterocycles. The van der Waals surface area contributed by atoms with Crippen molar-refractivity contribution in [1.82, 2.24) is 0 Å². The highest BCUT2D eigenvalue weighted by Crippen LogP contribution is 2.11. The third-order valence-electron chi connectivity index (χ3n) is 2.08. The Balaban J connectivity index is 2.73. The van der Waals surface area contributed by atoms with E-state index in [1.807, 2.05) is 0 Å². The van der Waals surface area contributed by atoms with Crippen LogP contribution in [0.5, 0.6) is 0 Å². The molecule has 16 heavy (non-hydrogen) atoms. The Morgan fingerprint density at radius 3 is 2.44 bits per heavy atom. The third kappa shape index (κ3) is 3.62. The van der Waals surface area contributed by atoms with Crippen LogP contribution in [0.3, 0.4) is 0 Å². The molecule has 0 aliphatic carbocycles. The van der Waals surface area contributed by atoms with E-state index in [4.69, 9.17) is 0 Å². The van der Waals surface area contributed by atoms with E-state index in [1.54, 1.807) is 24.3 Å². The molecule has 0 atom stereocenters. The van der Waals surface area contributed by atoms with Gasteiger partial charge < -0.3 is 0 Å². The van der Waals surface area contributed by atoms with Gasteiger partial charge in [0.2, 0.25) is 0 Å². The van der Waals surface area contributed by atoms with Crippen molar-refractivity contribution in [3.63, 3.8) is 0 Å². The monoisotopic (exact) mass is 238 g/mol. The Hall–Kier alpha value is -1.42. The zero-order chi connectivity index (χ0) is 12.0. The van der Waals surface area contributed by atoms with E-state index in [2.05, 4.69) is 6.58 Å². The Kier molecular flexibility index (Phi) is 4.43. The van der Waals surface area contributed by atoms with Gasteiger partial charge in [-0.1, -0.05) is 24.3 Å². The summed E-state index contributed by atoms with van der Waals surface area (Å²) < 4.78 is 23.5. The number of Topliss-reactive ketones (excluding diaryl/α,β-unsaturated/α-hetero) is 1. The maximum atomic E-state index is 11.8. The number of carbonyl (C=O) groups is 1. The van der Waals surface area contributed by atoms with Crippen LogP contribution in [0.2, 0.25) is 0 Å². The van der Waals surface area contributed by atoms with Crippen molar-refractivity contribution in [2.45, 2.75) is 17.7 Å². The number of hydrogen-bond acceptors (Lipinski definition) is 3. The Labute approximate surface area is 95.7 Å². The van der Waals surface area contributed by atoms with Crippen LogP contribution in [-0.4, -0.2) is 20.0 Å². The molecule has 0 fully saturated rings. The summed E-state index contributed by atoms with van der Waals surface area (Å²) in [5.74, 6) is -0.700. The van der Waals surface area contributed by atoms with Gasteiger partial charge in [0.1, 0.15) is 11.5 Å². The van der Waals surface area contributed by atoms with E-state index in [-0.39, 0.29) is 17.1 Å². The normalized spacial score (nSPS) is 11.0. The summed E-state index contributed by atoms with van der Waals surface area (Å²) in [6, 6.07) is 8.01. The minimum absolute atomic E-state index is 0.196. The fourth-order valence-corrected chi connectivity index (χ4v) is 2.57. The van der Waals surface area contributed by atoms with Crippen LogP contribution in [0.4, 0.5) is 0 Å². The van der Waals surface area contributed by atoms with Crippen molar-refractivity contribution in [1.29, 1.82) is 0 Å². The van der Waals surface area contributed by atoms with Crippen LogP contribution in [0, 0.1) is 0 Å². The molecule has 0 bridgehead atoms. The minimum Gasteiger partial charge on any atom is -0.299 e. The molecule has 0 saturated heterocycles. The third-order valence-corrected chi connectivity index (χ3v) is 3.77. The van der Waals surface area contributed by atoms with E-state index in [1.165, 1.54) is 12.1 Å². The molecule has 0 N–H and O–H groups in total. The first-order chi connectivity index (χ1) is 7.56. The molecule has 0 spiro atoms. The molecule has 1 aromatic carbocycles. The molecule has 0 amide bonds. The lowest BCUT2D eigenvalue weighted by Gasteiger charge is -2.02. The second-order valence-electron chi connectivity index (χ2n) is 3.44. The van der Waals surface area contributed by atoms with E-state index in [9.17, 15) is 13.2 Å². The molecule has 1 aromatic rings. The van der Waals surface area contributed by atoms with Crippen molar-refractivity contribution >= 4 is 15.6 Å². The average molecular weight is 238 g/mol. The van der Waals surface area contributed by atoms with Crippen molar-refractivity contribution < 1.29 is 13.2 Å². The van der Waals surface area contributed by atoms with Crippen LogP contribution < -0.4 is 0 Å². The summed E-state index contributed by atoms with van der Waals surface area (Å²) in [6.45, 7) is 3.49. The lowest BCUT2D eigenvalue weighted by Crippen LogP contribution is -2.15. The summed E-state index contributed by atoms with van der Waals surface area (Å²) in [5.41, 5.74) is 0. The first-order valence-corrected chi connectivity index (χ1v) is 6.62. The first kappa shape index (κ1) is 12.6. The van der Waals surface area contributed by atoms with Gasteiger partial charge in [0.15, 0.2) is 9.84 Å². The maximum absolute atomic E-state index is 11.8. The van der Waals surface area contributed by atoms with Gasteiger partial charge in [0, 0.05) is 6.42 Å². The predicted octanol–water partition coefficient (Wildman–Crippen LogP) is 2.00. The largest absolute Gasteiger partial charge is 0.299 e. The van der Waals surface area contributed by atoms with Gasteiger partial charge in [-0.3, -0.25) is 4.79 Å². The molecule has 0 saturated carbocycles. The fraction of sp³-hybridized carbons (Fsp3) is 0.250. The number of allylic oxidation sites excluding steroid dienone is 1. The summed E-state index contributed by atoms with van der Waals surface area (Å²) in [7, 11) is -3.47. The molecule has 3 nitrogen and oxygen atoms in total. The quantitative estimate of drug-likeness (QED) is 0.712. The van der Waals surface area contributed by atoms with Gasteiger partial charge in [-0.05, 0) is 18.6 Å². The highest BCUT2D eigenvalue weighted by Gasteiger charge is 2.17. The van der Waals surface area contributed by atoms with Crippen LogP contribution in [0.1, 0.15) is 12.8 Å². The topological polar surface area (TPSA) is 51.2 Å². The standard InChI is InChI=1S/C12H14O3S/c1-2-3-7-11(13)10-16(14,15)12-8-5-4-6-9-12/h2,4-6,8-9H,1,3,7,10H2. The maximum Gasteiger partial charge on any atom is 0.185 e. The summed E-state index contributed by atoms with van der Waals surface area (Å²) in [5, 5.41) is 0. The fourth-order valence-electron chi connectivity index (χ4n) is 1.26. The molecule has 86 valence electrons. The van der Waals surface area contributed by atoms with E-state index < -0.39 is 15.6 Å². The number of rotatable bonds is 6. The molecule has 0 heterocycles. The number of sulfone groups is 1. The number of hydrogen-bond donors (Lipinski definition) is 0. The molecule has 0 aromatic heterocycles. The Bertz CT molecular complexity index is 460. The number of ketones is 1. The molecular weight excluding hydrogens is 224 g/mol. The van der Waals surface area contributed by atoms with Crippen LogP contribution in [0.25, 0.3) is 0 Å². The van der Waals surface area contributed by atoms with Crippen molar-refractivity contribution in [2.75, 3.05) is 5.75 Å². The van der Waals surface area contributed by atoms with E-state index >= 15 is 0 Å². The molecule has 0 unspecified atom stereocenters. The summed E-state index contributed by atoms with van der Waals surface area (Å²) in [6.07, 6.45) is 2.35. The number of benzene rings is 1. The zero-order valence-corrected chi connectivity index (χ0v) is 9.74. The van der Waals surface area contributed by atoms with Crippen molar-refractivity contribution in [3.8, 4) is 0 Å². The molecular formula is C12H14O3S. The second-order valence-corrected chi connectivity index (χ2v) is 5.43. The average Bonchev–Trinajstić information content (AvgIpc) is 2.27. The number of carbonyl (C=O) groups excluding carboxylic acids is 1. The van der Waals surface area contributed by atoms with Crippen molar-refractivity contribution in [3.05, 3.63) is 43.0 Å². The Morgan fingerprint density at radius 2 is 1.88 bits per heavy atom. The first-order valence-electron chi connectivity index (χ1n) is 4.96. The minimum atomic E-state index is -3.47. The summed E-state index contributed by atoms with van der Waals surface area (Å²) >= 11 is 0. The molecule has 0 aliphatic rings. The lowest BCUT2D eigenvalue weighted by molar-refractivity contribution is -0.116. The highest BCUT2D eigenvalue weighted by molar-refractivity contribution is 7.92. The second kappa shape index (κ2) is 5.61. The van der Waals surface area contributed by atoms with Gasteiger partial charge in [-0.25, -0.2) is 8.42 Å². The molecule has 1 rings (SSSR count). The highest BCUT2D eigenvalue weighted by atomic mass is 32.2. The summed E-state index contributed by atoms with van der Waals surface area (Å²) in [4.78, 5) is 11.6. The predicted molar refractivity (Wildman–Crippen MR) is 62.9 cm³/mol. The van der Waals surface area contributed by atoms with Crippen LogP contribution in [0.15, 0.2) is 47.9 Å².